The van der Waals surface area contributed by atoms with Crippen molar-refractivity contribution in [1.29, 1.82) is 0 Å². The average molecular weight is 211 g/mol. The second-order valence-electron chi connectivity index (χ2n) is 1.06. The number of halogens is 4. The second-order valence-corrected chi connectivity index (χ2v) is 3.82. The van der Waals surface area contributed by atoms with Crippen molar-refractivity contribution in [3.8, 4) is 0 Å². The third kappa shape index (κ3) is 4.09. The highest BCUT2D eigenvalue weighted by atomic mass is 35.6. The molecule has 0 aromatic rings. The average Bonchev–Trinajstić information content (AvgIpc) is 1.64. The lowest BCUT2D eigenvalue weighted by Crippen LogP contribution is -2.21. The Morgan fingerprint density at radius 1 is 1.44 bits per heavy atom. The Bertz CT molecular complexity index is 98.5. The lowest BCUT2D eigenvalue weighted by molar-refractivity contribution is 0.250. The minimum absolute atomic E-state index is 1.04. The first-order valence-corrected chi connectivity index (χ1v) is 3.29. The summed E-state index contributed by atoms with van der Waals surface area (Å²) in [5, 5.41) is 0. The molecule has 9 heavy (non-hydrogen) atoms. The largest absolute Gasteiger partial charge is 0.433 e. The Morgan fingerprint density at radius 3 is 2.00 bits per heavy atom. The van der Waals surface area contributed by atoms with Crippen LogP contribution in [0.25, 0.3) is 0 Å². The van der Waals surface area contributed by atoms with E-state index in [1.807, 2.05) is 0 Å². The van der Waals surface area contributed by atoms with Crippen LogP contribution in [0.2, 0.25) is 0 Å². The summed E-state index contributed by atoms with van der Waals surface area (Å²) in [4.78, 5) is 9.45. The molecule has 2 nitrogen and oxygen atoms in total. The van der Waals surface area contributed by atoms with E-state index in [0.717, 1.165) is 6.47 Å². The molecule has 0 saturated carbocycles. The summed E-state index contributed by atoms with van der Waals surface area (Å²) < 4.78 is 2.18. The summed E-state index contributed by atoms with van der Waals surface area (Å²) in [6.07, 6.45) is 0. The first-order chi connectivity index (χ1) is 3.98. The molecule has 6 heteroatoms. The van der Waals surface area contributed by atoms with Gasteiger partial charge in [0.25, 0.3) is 0 Å². The SMILES string of the molecule is O=[C]OC(Cl)C(Cl)(Cl)Cl. The topological polar surface area (TPSA) is 26.3 Å². The van der Waals surface area contributed by atoms with Gasteiger partial charge in [0, 0.05) is 0 Å². The smallest absolute Gasteiger partial charge is 0.419 e. The molecule has 0 amide bonds. The van der Waals surface area contributed by atoms with E-state index in [1.165, 1.54) is 0 Å². The second kappa shape index (κ2) is 3.71. The number of hydrogen-bond acceptors (Lipinski definition) is 2. The van der Waals surface area contributed by atoms with Crippen molar-refractivity contribution >= 4 is 52.9 Å². The Morgan fingerprint density at radius 2 is 1.89 bits per heavy atom. The fourth-order valence-electron chi connectivity index (χ4n) is 0.109. The molecule has 0 fully saturated rings. The van der Waals surface area contributed by atoms with Crippen LogP contribution in [0.5, 0.6) is 0 Å². The van der Waals surface area contributed by atoms with Crippen molar-refractivity contribution in [2.45, 2.75) is 9.36 Å². The van der Waals surface area contributed by atoms with Crippen LogP contribution in [-0.4, -0.2) is 15.8 Å². The van der Waals surface area contributed by atoms with Gasteiger partial charge in [0.1, 0.15) is 0 Å². The lowest BCUT2D eigenvalue weighted by atomic mass is 10.8. The molecule has 0 bridgehead atoms. The van der Waals surface area contributed by atoms with Crippen molar-refractivity contribution in [1.82, 2.24) is 0 Å². The van der Waals surface area contributed by atoms with E-state index < -0.39 is 9.36 Å². The zero-order valence-corrected chi connectivity index (χ0v) is 6.93. The minimum Gasteiger partial charge on any atom is -0.433 e. The van der Waals surface area contributed by atoms with E-state index in [-0.39, 0.29) is 0 Å². The molecule has 1 atom stereocenters. The summed E-state index contributed by atoms with van der Waals surface area (Å²) in [6, 6.07) is 0. The fraction of sp³-hybridized carbons (Fsp3) is 0.667. The maximum absolute atomic E-state index is 9.45. The third-order valence-electron chi connectivity index (χ3n) is 0.409. The van der Waals surface area contributed by atoms with Gasteiger partial charge in [-0.15, -0.1) is 0 Å². The molecule has 0 spiro atoms. The molecule has 0 aromatic heterocycles. The van der Waals surface area contributed by atoms with Crippen LogP contribution in [0.3, 0.4) is 0 Å². The summed E-state index contributed by atoms with van der Waals surface area (Å²) in [5.41, 5.74) is -1.29. The Labute approximate surface area is 72.0 Å². The third-order valence-corrected chi connectivity index (χ3v) is 1.76. The normalized spacial score (nSPS) is 14.7. The molecule has 53 valence electrons. The van der Waals surface area contributed by atoms with Crippen LogP contribution in [0.4, 0.5) is 0 Å². The molecule has 0 aliphatic heterocycles. The summed E-state index contributed by atoms with van der Waals surface area (Å²) >= 11 is 20.6. The standard InChI is InChI=1S/C3HCl4O2/c4-2(9-1-8)3(5,6)7/h2H. The van der Waals surface area contributed by atoms with Crippen molar-refractivity contribution in [3.63, 3.8) is 0 Å². The predicted molar refractivity (Wildman–Crippen MR) is 36.7 cm³/mol. The van der Waals surface area contributed by atoms with Crippen LogP contribution >= 0.6 is 46.4 Å². The van der Waals surface area contributed by atoms with Gasteiger partial charge in [0.05, 0.1) is 0 Å². The van der Waals surface area contributed by atoms with E-state index in [2.05, 4.69) is 4.74 Å². The van der Waals surface area contributed by atoms with Gasteiger partial charge in [0.15, 0.2) is 0 Å². The van der Waals surface area contributed by atoms with Gasteiger partial charge in [0.2, 0.25) is 9.36 Å². The molecule has 0 saturated heterocycles. The highest BCUT2D eigenvalue weighted by Gasteiger charge is 2.32. The highest BCUT2D eigenvalue weighted by Crippen LogP contribution is 2.33. The monoisotopic (exact) mass is 209 g/mol. The highest BCUT2D eigenvalue weighted by molar-refractivity contribution is 6.70. The number of carbonyl (C=O) groups excluding carboxylic acids is 1. The molecular formula is C3HCl4O2. The van der Waals surface area contributed by atoms with E-state index >= 15 is 0 Å². The number of ether oxygens (including phenoxy) is 1. The van der Waals surface area contributed by atoms with Crippen LogP contribution < -0.4 is 0 Å². The Kier molecular flexibility index (Phi) is 3.97. The van der Waals surface area contributed by atoms with Gasteiger partial charge in [-0.05, 0) is 0 Å². The number of hydrogen-bond donors (Lipinski definition) is 0. The van der Waals surface area contributed by atoms with Gasteiger partial charge in [-0.1, -0.05) is 46.4 Å². The number of alkyl halides is 4. The molecule has 0 rings (SSSR count). The zero-order chi connectivity index (χ0) is 7.49. The molecule has 0 aliphatic carbocycles. The van der Waals surface area contributed by atoms with E-state index in [4.69, 9.17) is 46.4 Å². The molecule has 0 heterocycles. The lowest BCUT2D eigenvalue weighted by Gasteiger charge is -2.14. The van der Waals surface area contributed by atoms with Gasteiger partial charge in [-0.2, -0.15) is 0 Å². The van der Waals surface area contributed by atoms with Crippen molar-refractivity contribution in [2.75, 3.05) is 0 Å². The Balaban J connectivity index is 3.72. The van der Waals surface area contributed by atoms with Gasteiger partial charge in [-0.3, -0.25) is 0 Å². The zero-order valence-electron chi connectivity index (χ0n) is 3.91. The summed E-state index contributed by atoms with van der Waals surface area (Å²) in [5.74, 6) is 0. The van der Waals surface area contributed by atoms with E-state index in [1.54, 1.807) is 0 Å². The first kappa shape index (κ1) is 9.63. The van der Waals surface area contributed by atoms with E-state index in [0.29, 0.717) is 0 Å². The maximum Gasteiger partial charge on any atom is 0.419 e. The van der Waals surface area contributed by atoms with Crippen LogP contribution in [0, 0.1) is 0 Å². The van der Waals surface area contributed by atoms with Gasteiger partial charge in [-0.25, -0.2) is 4.79 Å². The number of rotatable bonds is 2. The molecular weight excluding hydrogens is 210 g/mol. The van der Waals surface area contributed by atoms with Crippen molar-refractivity contribution in [2.24, 2.45) is 0 Å². The molecule has 0 N–H and O–H groups in total. The van der Waals surface area contributed by atoms with Crippen LogP contribution in [0.15, 0.2) is 0 Å². The summed E-state index contributed by atoms with van der Waals surface area (Å²) in [6.45, 7) is 1.04. The molecule has 1 unspecified atom stereocenters. The van der Waals surface area contributed by atoms with Gasteiger partial charge >= 0.3 is 6.47 Å². The van der Waals surface area contributed by atoms with E-state index in [9.17, 15) is 4.79 Å². The van der Waals surface area contributed by atoms with Gasteiger partial charge < -0.3 is 4.74 Å². The predicted octanol–water partition coefficient (Wildman–Crippen LogP) is 2.01. The Hall–Kier alpha value is 0.630. The maximum atomic E-state index is 9.45. The minimum atomic E-state index is -1.79. The first-order valence-electron chi connectivity index (χ1n) is 1.72. The quantitative estimate of drug-likeness (QED) is 0.652. The van der Waals surface area contributed by atoms with Crippen molar-refractivity contribution < 1.29 is 9.53 Å². The molecule has 1 radical (unpaired) electrons. The summed E-state index contributed by atoms with van der Waals surface area (Å²) in [7, 11) is 0. The molecule has 0 aliphatic rings. The van der Waals surface area contributed by atoms with Crippen LogP contribution in [0.1, 0.15) is 0 Å². The van der Waals surface area contributed by atoms with Crippen molar-refractivity contribution in [3.05, 3.63) is 0 Å². The fourth-order valence-corrected chi connectivity index (χ4v) is 0.279. The molecule has 0 aromatic carbocycles. The van der Waals surface area contributed by atoms with Crippen LogP contribution in [-0.2, 0) is 9.53 Å².